The van der Waals surface area contributed by atoms with Crippen LogP contribution < -0.4 is 0 Å². The molecule has 2 rings (SSSR count). The maximum Gasteiger partial charge on any atom is 0.223 e. The van der Waals surface area contributed by atoms with Crippen molar-refractivity contribution < 1.29 is 9.59 Å². The summed E-state index contributed by atoms with van der Waals surface area (Å²) in [7, 11) is 2.06. The van der Waals surface area contributed by atoms with Gasteiger partial charge in [-0.15, -0.1) is 0 Å². The number of ketones is 1. The molecule has 1 amide bonds. The van der Waals surface area contributed by atoms with Crippen molar-refractivity contribution in [1.29, 1.82) is 0 Å². The fraction of sp³-hybridized carbons (Fsp3) is 0.529. The molecule has 0 aromatic heterocycles. The van der Waals surface area contributed by atoms with E-state index in [2.05, 4.69) is 18.9 Å². The van der Waals surface area contributed by atoms with Gasteiger partial charge in [-0.05, 0) is 19.0 Å². The standard InChI is InChI=1S/C17H24N2O2/c1-3-14-4-6-15(7-5-14)16(20)8-9-17(21)19-12-10-18(2)11-13-19/h4-7H,3,8-13H2,1-2H3. The Labute approximate surface area is 126 Å². The molecule has 0 saturated carbocycles. The van der Waals surface area contributed by atoms with Crippen LogP contribution in [0.15, 0.2) is 24.3 Å². The summed E-state index contributed by atoms with van der Waals surface area (Å²) < 4.78 is 0. The molecule has 1 heterocycles. The maximum absolute atomic E-state index is 12.1. The van der Waals surface area contributed by atoms with Gasteiger partial charge in [0.15, 0.2) is 5.78 Å². The van der Waals surface area contributed by atoms with Crippen molar-refractivity contribution >= 4 is 11.7 Å². The summed E-state index contributed by atoms with van der Waals surface area (Å²) in [5.41, 5.74) is 1.93. The Kier molecular flexibility index (Phi) is 5.51. The van der Waals surface area contributed by atoms with Crippen LogP contribution in [0.3, 0.4) is 0 Å². The van der Waals surface area contributed by atoms with E-state index in [0.717, 1.165) is 32.6 Å². The first-order chi connectivity index (χ1) is 10.1. The lowest BCUT2D eigenvalue weighted by atomic mass is 10.0. The highest BCUT2D eigenvalue weighted by molar-refractivity contribution is 5.98. The van der Waals surface area contributed by atoms with Crippen LogP contribution >= 0.6 is 0 Å². The van der Waals surface area contributed by atoms with Crippen LogP contribution in [0.5, 0.6) is 0 Å². The molecule has 21 heavy (non-hydrogen) atoms. The summed E-state index contributed by atoms with van der Waals surface area (Å²) in [6, 6.07) is 7.69. The molecule has 0 unspecified atom stereocenters. The van der Waals surface area contributed by atoms with Crippen molar-refractivity contribution in [1.82, 2.24) is 9.80 Å². The number of benzene rings is 1. The van der Waals surface area contributed by atoms with E-state index in [1.54, 1.807) is 0 Å². The number of hydrogen-bond donors (Lipinski definition) is 0. The van der Waals surface area contributed by atoms with Crippen molar-refractivity contribution in [2.75, 3.05) is 33.2 Å². The first kappa shape index (κ1) is 15.7. The third-order valence-electron chi connectivity index (χ3n) is 4.11. The van der Waals surface area contributed by atoms with Gasteiger partial charge in [0.1, 0.15) is 0 Å². The summed E-state index contributed by atoms with van der Waals surface area (Å²) in [6.07, 6.45) is 1.59. The van der Waals surface area contributed by atoms with E-state index in [-0.39, 0.29) is 11.7 Å². The average Bonchev–Trinajstić information content (AvgIpc) is 2.53. The van der Waals surface area contributed by atoms with E-state index in [4.69, 9.17) is 0 Å². The van der Waals surface area contributed by atoms with Gasteiger partial charge in [0, 0.05) is 44.6 Å². The second-order valence-corrected chi connectivity index (χ2v) is 5.66. The number of likely N-dealkylation sites (N-methyl/N-ethyl adjacent to an activating group) is 1. The Morgan fingerprint density at radius 3 is 2.19 bits per heavy atom. The van der Waals surface area contributed by atoms with Crippen LogP contribution in [0.25, 0.3) is 0 Å². The monoisotopic (exact) mass is 288 g/mol. The predicted octanol–water partition coefficient (Wildman–Crippen LogP) is 1.99. The predicted molar refractivity (Wildman–Crippen MR) is 83.5 cm³/mol. The van der Waals surface area contributed by atoms with Gasteiger partial charge in [0.25, 0.3) is 0 Å². The first-order valence-electron chi connectivity index (χ1n) is 7.68. The minimum absolute atomic E-state index is 0.0557. The van der Waals surface area contributed by atoms with Crippen molar-refractivity contribution in [2.24, 2.45) is 0 Å². The summed E-state index contributed by atoms with van der Waals surface area (Å²) in [6.45, 7) is 5.46. The fourth-order valence-corrected chi connectivity index (χ4v) is 2.51. The number of hydrogen-bond acceptors (Lipinski definition) is 3. The zero-order valence-electron chi connectivity index (χ0n) is 13.0. The van der Waals surface area contributed by atoms with Gasteiger partial charge < -0.3 is 9.80 Å². The Morgan fingerprint density at radius 2 is 1.62 bits per heavy atom. The second kappa shape index (κ2) is 7.36. The molecule has 1 aromatic rings. The SMILES string of the molecule is CCc1ccc(C(=O)CCC(=O)N2CCN(C)CC2)cc1. The van der Waals surface area contributed by atoms with Crippen molar-refractivity contribution in [3.63, 3.8) is 0 Å². The zero-order valence-corrected chi connectivity index (χ0v) is 13.0. The first-order valence-corrected chi connectivity index (χ1v) is 7.68. The Hall–Kier alpha value is -1.68. The Morgan fingerprint density at radius 1 is 1.00 bits per heavy atom. The van der Waals surface area contributed by atoms with Crippen molar-refractivity contribution in [2.45, 2.75) is 26.2 Å². The largest absolute Gasteiger partial charge is 0.340 e. The van der Waals surface area contributed by atoms with Crippen molar-refractivity contribution in [3.8, 4) is 0 Å². The van der Waals surface area contributed by atoms with E-state index < -0.39 is 0 Å². The lowest BCUT2D eigenvalue weighted by molar-refractivity contribution is -0.132. The number of Topliss-reactive ketones (excluding diaryl/α,β-unsaturated/α-hetero) is 1. The fourth-order valence-electron chi connectivity index (χ4n) is 2.51. The number of nitrogens with zero attached hydrogens (tertiary/aromatic N) is 2. The van der Waals surface area contributed by atoms with E-state index in [9.17, 15) is 9.59 Å². The van der Waals surface area contributed by atoms with Gasteiger partial charge in [-0.3, -0.25) is 9.59 Å². The molecule has 114 valence electrons. The summed E-state index contributed by atoms with van der Waals surface area (Å²) >= 11 is 0. The number of rotatable bonds is 5. The van der Waals surface area contributed by atoms with Crippen LogP contribution in [0.2, 0.25) is 0 Å². The van der Waals surface area contributed by atoms with Crippen LogP contribution in [-0.4, -0.2) is 54.7 Å². The van der Waals surface area contributed by atoms with Gasteiger partial charge in [-0.25, -0.2) is 0 Å². The van der Waals surface area contributed by atoms with E-state index in [0.29, 0.717) is 18.4 Å². The van der Waals surface area contributed by atoms with Crippen LogP contribution in [0.1, 0.15) is 35.7 Å². The molecule has 0 aliphatic carbocycles. The van der Waals surface area contributed by atoms with Crippen LogP contribution in [0, 0.1) is 0 Å². The van der Waals surface area contributed by atoms with Gasteiger partial charge in [0.05, 0.1) is 0 Å². The highest BCUT2D eigenvalue weighted by Gasteiger charge is 2.19. The maximum atomic E-state index is 12.1. The quantitative estimate of drug-likeness (QED) is 0.778. The minimum Gasteiger partial charge on any atom is -0.340 e. The number of carbonyl (C=O) groups is 2. The molecule has 1 aliphatic rings. The number of amides is 1. The van der Waals surface area contributed by atoms with Crippen LogP contribution in [0.4, 0.5) is 0 Å². The lowest BCUT2D eigenvalue weighted by Crippen LogP contribution is -2.47. The molecule has 0 atom stereocenters. The molecule has 1 aliphatic heterocycles. The molecule has 1 fully saturated rings. The Bertz CT molecular complexity index is 488. The Balaban J connectivity index is 1.81. The normalized spacial score (nSPS) is 16.0. The summed E-state index contributed by atoms with van der Waals surface area (Å²) in [5.74, 6) is 0.154. The smallest absolute Gasteiger partial charge is 0.223 e. The molecule has 4 heteroatoms. The highest BCUT2D eigenvalue weighted by atomic mass is 16.2. The van der Waals surface area contributed by atoms with Gasteiger partial charge in [0.2, 0.25) is 5.91 Å². The zero-order chi connectivity index (χ0) is 15.2. The summed E-state index contributed by atoms with van der Waals surface area (Å²) in [5, 5.41) is 0. The topological polar surface area (TPSA) is 40.6 Å². The van der Waals surface area contributed by atoms with Gasteiger partial charge >= 0.3 is 0 Å². The van der Waals surface area contributed by atoms with Crippen molar-refractivity contribution in [3.05, 3.63) is 35.4 Å². The lowest BCUT2D eigenvalue weighted by Gasteiger charge is -2.32. The van der Waals surface area contributed by atoms with Gasteiger partial charge in [-0.2, -0.15) is 0 Å². The van der Waals surface area contributed by atoms with E-state index in [1.807, 2.05) is 29.2 Å². The van der Waals surface area contributed by atoms with E-state index in [1.165, 1.54) is 5.56 Å². The number of carbonyl (C=O) groups excluding carboxylic acids is 2. The molecular formula is C17H24N2O2. The van der Waals surface area contributed by atoms with Crippen LogP contribution in [-0.2, 0) is 11.2 Å². The number of aryl methyl sites for hydroxylation is 1. The minimum atomic E-state index is 0.0557. The number of piperazine rings is 1. The summed E-state index contributed by atoms with van der Waals surface area (Å²) in [4.78, 5) is 28.3. The average molecular weight is 288 g/mol. The molecule has 1 saturated heterocycles. The second-order valence-electron chi connectivity index (χ2n) is 5.66. The highest BCUT2D eigenvalue weighted by Crippen LogP contribution is 2.10. The van der Waals surface area contributed by atoms with E-state index >= 15 is 0 Å². The molecule has 1 aromatic carbocycles. The molecule has 4 nitrogen and oxygen atoms in total. The molecule has 0 N–H and O–H groups in total. The molecule has 0 radical (unpaired) electrons. The third kappa shape index (κ3) is 4.39. The molecule has 0 spiro atoms. The molecule has 0 bridgehead atoms. The third-order valence-corrected chi connectivity index (χ3v) is 4.11. The molecular weight excluding hydrogens is 264 g/mol. The van der Waals surface area contributed by atoms with Gasteiger partial charge in [-0.1, -0.05) is 31.2 Å².